The maximum absolute atomic E-state index is 10.4. The fourth-order valence-corrected chi connectivity index (χ4v) is 0.649. The van der Waals surface area contributed by atoms with E-state index < -0.39 is 0 Å². The van der Waals surface area contributed by atoms with Crippen molar-refractivity contribution in [1.29, 1.82) is 0 Å². The molecule has 0 saturated carbocycles. The number of carbonyl (C=O) groups excluding carboxylic acids is 1. The molecule has 1 unspecified atom stereocenters. The average molecular weight is 155 g/mol. The third kappa shape index (κ3) is 4.41. The monoisotopic (exact) mass is 154 g/mol. The molecule has 0 radical (unpaired) electrons. The van der Waals surface area contributed by atoms with Gasteiger partial charge in [0, 0.05) is 11.8 Å². The van der Waals surface area contributed by atoms with Gasteiger partial charge in [0.25, 0.3) is 0 Å². The molecule has 0 fully saturated rings. The maximum atomic E-state index is 10.4. The molecule has 0 aliphatic heterocycles. The molecule has 0 heterocycles. The predicted octanol–water partition coefficient (Wildman–Crippen LogP) is 1.81. The zero-order valence-electron chi connectivity index (χ0n) is 4.66. The first-order valence-corrected chi connectivity index (χ1v) is 3.35. The van der Waals surface area contributed by atoms with Crippen LogP contribution < -0.4 is 0 Å². The van der Waals surface area contributed by atoms with Crippen LogP contribution >= 0.6 is 23.2 Å². The maximum Gasteiger partial charge on any atom is 0.149 e. The lowest BCUT2D eigenvalue weighted by molar-refractivity contribution is -0.116. The quantitative estimate of drug-likeness (QED) is 0.568. The molecule has 3 heteroatoms. The second-order valence-corrected chi connectivity index (χ2v) is 2.67. The molecule has 8 heavy (non-hydrogen) atoms. The Kier molecular flexibility index (Phi) is 4.29. The molecule has 0 rings (SSSR count). The first-order valence-electron chi connectivity index (χ1n) is 2.38. The zero-order chi connectivity index (χ0) is 6.57. The van der Waals surface area contributed by atoms with Crippen molar-refractivity contribution in [1.82, 2.24) is 0 Å². The Hall–Kier alpha value is 0.250. The zero-order valence-corrected chi connectivity index (χ0v) is 6.17. The molecular formula is C5H8Cl2O. The number of hydrogen-bond acceptors (Lipinski definition) is 1. The van der Waals surface area contributed by atoms with Gasteiger partial charge in [-0.25, -0.2) is 0 Å². The molecule has 0 N–H and O–H groups in total. The van der Waals surface area contributed by atoms with Crippen LogP contribution in [0.1, 0.15) is 13.3 Å². The largest absolute Gasteiger partial charge is 0.298 e. The highest BCUT2D eigenvalue weighted by Gasteiger charge is 2.02. The number of halogens is 2. The molecule has 0 bridgehead atoms. The van der Waals surface area contributed by atoms with Crippen molar-refractivity contribution in [3.05, 3.63) is 0 Å². The lowest BCUT2D eigenvalue weighted by Crippen LogP contribution is -2.05. The normalized spacial score (nSPS) is 13.4. The van der Waals surface area contributed by atoms with Gasteiger partial charge in [-0.15, -0.1) is 23.2 Å². The molecule has 0 aliphatic rings. The third-order valence-electron chi connectivity index (χ3n) is 0.658. The molecule has 0 spiro atoms. The molecule has 0 aliphatic carbocycles. The molecule has 1 atom stereocenters. The Bertz CT molecular complexity index is 80.5. The van der Waals surface area contributed by atoms with Crippen molar-refractivity contribution < 1.29 is 4.79 Å². The first-order chi connectivity index (χ1) is 3.66. The van der Waals surface area contributed by atoms with Crippen molar-refractivity contribution in [2.75, 3.05) is 5.88 Å². The lowest BCUT2D eigenvalue weighted by atomic mass is 10.2. The fraction of sp³-hybridized carbons (Fsp3) is 0.800. The number of hydrogen-bond donors (Lipinski definition) is 0. The van der Waals surface area contributed by atoms with Crippen LogP contribution in [0.25, 0.3) is 0 Å². The number of alkyl halides is 2. The summed E-state index contributed by atoms with van der Waals surface area (Å²) in [6.07, 6.45) is 0.380. The van der Waals surface area contributed by atoms with Gasteiger partial charge < -0.3 is 0 Å². The van der Waals surface area contributed by atoms with Crippen LogP contribution in [0.4, 0.5) is 0 Å². The molecule has 0 aromatic heterocycles. The highest BCUT2D eigenvalue weighted by Crippen LogP contribution is 2.00. The molecule has 1 nitrogen and oxygen atoms in total. The van der Waals surface area contributed by atoms with Crippen LogP contribution in [-0.2, 0) is 4.79 Å². The van der Waals surface area contributed by atoms with Crippen LogP contribution in [0, 0.1) is 0 Å². The third-order valence-corrected chi connectivity index (χ3v) is 1.11. The summed E-state index contributed by atoms with van der Waals surface area (Å²) < 4.78 is 0. The van der Waals surface area contributed by atoms with Crippen LogP contribution in [0.3, 0.4) is 0 Å². The van der Waals surface area contributed by atoms with Gasteiger partial charge in [0.1, 0.15) is 5.78 Å². The molecular weight excluding hydrogens is 147 g/mol. The van der Waals surface area contributed by atoms with E-state index in [1.54, 1.807) is 6.92 Å². The van der Waals surface area contributed by atoms with Crippen molar-refractivity contribution in [2.45, 2.75) is 18.7 Å². The summed E-state index contributed by atoms with van der Waals surface area (Å²) in [6, 6.07) is 0. The van der Waals surface area contributed by atoms with Gasteiger partial charge in [-0.2, -0.15) is 0 Å². The first kappa shape index (κ1) is 8.25. The van der Waals surface area contributed by atoms with Gasteiger partial charge in [0.2, 0.25) is 0 Å². The Balaban J connectivity index is 3.25. The molecule has 0 aromatic carbocycles. The highest BCUT2D eigenvalue weighted by atomic mass is 35.5. The number of ketones is 1. The SMILES string of the molecule is CC(Cl)CC(=O)CCl. The van der Waals surface area contributed by atoms with Gasteiger partial charge in [-0.05, 0) is 6.92 Å². The van der Waals surface area contributed by atoms with E-state index in [9.17, 15) is 4.79 Å². The average Bonchev–Trinajstić information content (AvgIpc) is 1.65. The summed E-state index contributed by atoms with van der Waals surface area (Å²) in [4.78, 5) is 10.4. The van der Waals surface area contributed by atoms with Gasteiger partial charge in [-0.1, -0.05) is 0 Å². The van der Waals surface area contributed by atoms with Crippen LogP contribution in [0.2, 0.25) is 0 Å². The van der Waals surface area contributed by atoms with Gasteiger partial charge >= 0.3 is 0 Å². The summed E-state index contributed by atoms with van der Waals surface area (Å²) in [5, 5.41) is -0.0822. The van der Waals surface area contributed by atoms with E-state index in [1.165, 1.54) is 0 Å². The van der Waals surface area contributed by atoms with E-state index in [1.807, 2.05) is 0 Å². The summed E-state index contributed by atoms with van der Waals surface area (Å²) in [5.41, 5.74) is 0. The van der Waals surface area contributed by atoms with Crippen LogP contribution in [0.5, 0.6) is 0 Å². The minimum Gasteiger partial charge on any atom is -0.298 e. The number of carbonyl (C=O) groups is 1. The second-order valence-electron chi connectivity index (χ2n) is 1.66. The fourth-order valence-electron chi connectivity index (χ4n) is 0.368. The van der Waals surface area contributed by atoms with Crippen molar-refractivity contribution in [3.8, 4) is 0 Å². The summed E-state index contributed by atoms with van der Waals surface area (Å²) in [7, 11) is 0. The van der Waals surface area contributed by atoms with Crippen molar-refractivity contribution >= 4 is 29.0 Å². The Morgan fingerprint density at radius 1 is 1.75 bits per heavy atom. The summed E-state index contributed by atoms with van der Waals surface area (Å²) >= 11 is 10.7. The summed E-state index contributed by atoms with van der Waals surface area (Å²) in [6.45, 7) is 1.77. The van der Waals surface area contributed by atoms with Gasteiger partial charge in [0.15, 0.2) is 0 Å². The van der Waals surface area contributed by atoms with E-state index in [0.717, 1.165) is 0 Å². The Labute approximate surface area is 59.0 Å². The topological polar surface area (TPSA) is 17.1 Å². The number of rotatable bonds is 3. The molecule has 0 saturated heterocycles. The Morgan fingerprint density at radius 2 is 2.25 bits per heavy atom. The molecule has 0 aromatic rings. The van der Waals surface area contributed by atoms with E-state index in [-0.39, 0.29) is 17.0 Å². The van der Waals surface area contributed by atoms with Crippen molar-refractivity contribution in [3.63, 3.8) is 0 Å². The van der Waals surface area contributed by atoms with E-state index in [4.69, 9.17) is 23.2 Å². The van der Waals surface area contributed by atoms with E-state index in [2.05, 4.69) is 0 Å². The van der Waals surface area contributed by atoms with Crippen LogP contribution in [0.15, 0.2) is 0 Å². The number of Topliss-reactive ketones (excluding diaryl/α,β-unsaturated/α-hetero) is 1. The molecule has 48 valence electrons. The van der Waals surface area contributed by atoms with E-state index in [0.29, 0.717) is 6.42 Å². The van der Waals surface area contributed by atoms with Crippen LogP contribution in [-0.4, -0.2) is 17.0 Å². The second kappa shape index (κ2) is 4.16. The van der Waals surface area contributed by atoms with E-state index >= 15 is 0 Å². The van der Waals surface area contributed by atoms with Crippen molar-refractivity contribution in [2.24, 2.45) is 0 Å². The smallest absolute Gasteiger partial charge is 0.149 e. The highest BCUT2D eigenvalue weighted by molar-refractivity contribution is 6.29. The van der Waals surface area contributed by atoms with Gasteiger partial charge in [0.05, 0.1) is 5.88 Å². The minimum absolute atomic E-state index is 0.00849. The lowest BCUT2D eigenvalue weighted by Gasteiger charge is -1.95. The van der Waals surface area contributed by atoms with Gasteiger partial charge in [-0.3, -0.25) is 4.79 Å². The summed E-state index contributed by atoms with van der Waals surface area (Å²) in [5.74, 6) is 0.0889. The molecule has 0 amide bonds. The minimum atomic E-state index is -0.0822. The Morgan fingerprint density at radius 3 is 2.38 bits per heavy atom. The standard InChI is InChI=1S/C5H8Cl2O/c1-4(7)2-5(8)3-6/h4H,2-3H2,1H3. The predicted molar refractivity (Wildman–Crippen MR) is 35.7 cm³/mol.